The van der Waals surface area contributed by atoms with E-state index in [1.165, 1.54) is 10.8 Å². The van der Waals surface area contributed by atoms with Gasteiger partial charge in [-0.2, -0.15) is 0 Å². The lowest BCUT2D eigenvalue weighted by atomic mass is 9.93. The molecule has 0 aliphatic rings. The van der Waals surface area contributed by atoms with Gasteiger partial charge < -0.3 is 0 Å². The Balaban J connectivity index is 1.34. The number of fused-ring (bicyclic) bond motifs is 1. The van der Waals surface area contributed by atoms with E-state index >= 15 is 0 Å². The lowest BCUT2D eigenvalue weighted by molar-refractivity contribution is 1.06. The first-order valence-corrected chi connectivity index (χ1v) is 16.1. The number of aromatic nitrogens is 4. The van der Waals surface area contributed by atoms with Crippen molar-refractivity contribution >= 4 is 10.8 Å². The van der Waals surface area contributed by atoms with Crippen LogP contribution in [0.15, 0.2) is 158 Å². The molecule has 228 valence electrons. The zero-order valence-electron chi connectivity index (χ0n) is 26.8. The molecule has 0 spiro atoms. The van der Waals surface area contributed by atoms with E-state index in [9.17, 15) is 0 Å². The van der Waals surface area contributed by atoms with Crippen LogP contribution in [0, 0.1) is 13.8 Å². The molecule has 0 fully saturated rings. The van der Waals surface area contributed by atoms with E-state index in [0.29, 0.717) is 5.82 Å². The van der Waals surface area contributed by atoms with E-state index in [1.54, 1.807) is 0 Å². The molecule has 6 aromatic carbocycles. The molecule has 2 aromatic heterocycles. The summed E-state index contributed by atoms with van der Waals surface area (Å²) in [7, 11) is 0. The Hall–Kier alpha value is -6.26. The maximum absolute atomic E-state index is 5.17. The van der Waals surface area contributed by atoms with Crippen LogP contribution in [0.5, 0.6) is 0 Å². The molecule has 2 heterocycles. The van der Waals surface area contributed by atoms with Crippen LogP contribution in [0.25, 0.3) is 78.3 Å². The highest BCUT2D eigenvalue weighted by Gasteiger charge is 2.15. The molecule has 0 unspecified atom stereocenters. The summed E-state index contributed by atoms with van der Waals surface area (Å²) in [4.78, 5) is 19.8. The minimum Gasteiger partial charge on any atom is -0.233 e. The zero-order chi connectivity index (χ0) is 32.5. The summed E-state index contributed by atoms with van der Waals surface area (Å²) in [6.45, 7) is 4.02. The van der Waals surface area contributed by atoms with Gasteiger partial charge in [0.2, 0.25) is 0 Å². The number of rotatable bonds is 6. The van der Waals surface area contributed by atoms with Crippen molar-refractivity contribution in [1.29, 1.82) is 0 Å². The molecule has 8 aromatic rings. The summed E-state index contributed by atoms with van der Waals surface area (Å²) in [5.74, 6) is 1.40. The van der Waals surface area contributed by atoms with Gasteiger partial charge in [-0.3, -0.25) is 0 Å². The van der Waals surface area contributed by atoms with Crippen molar-refractivity contribution in [2.45, 2.75) is 13.8 Å². The second-order valence-electron chi connectivity index (χ2n) is 12.1. The molecular formula is C44H32N4. The average molecular weight is 617 g/mol. The predicted molar refractivity (Wildman–Crippen MR) is 197 cm³/mol. The number of benzene rings is 6. The van der Waals surface area contributed by atoms with Gasteiger partial charge in [-0.1, -0.05) is 115 Å². The molecular weight excluding hydrogens is 585 g/mol. The second-order valence-corrected chi connectivity index (χ2v) is 12.1. The first kappa shape index (κ1) is 29.2. The van der Waals surface area contributed by atoms with Gasteiger partial charge in [0, 0.05) is 33.6 Å². The van der Waals surface area contributed by atoms with Crippen LogP contribution < -0.4 is 0 Å². The summed E-state index contributed by atoms with van der Waals surface area (Å²) in [5, 5.41) is 2.41. The largest absolute Gasteiger partial charge is 0.233 e. The third kappa shape index (κ3) is 6.00. The zero-order valence-corrected chi connectivity index (χ0v) is 26.8. The van der Waals surface area contributed by atoms with Crippen LogP contribution >= 0.6 is 0 Å². The highest BCUT2D eigenvalue weighted by Crippen LogP contribution is 2.36. The van der Waals surface area contributed by atoms with Crippen LogP contribution in [0.3, 0.4) is 0 Å². The van der Waals surface area contributed by atoms with E-state index in [0.717, 1.165) is 73.1 Å². The van der Waals surface area contributed by atoms with Crippen molar-refractivity contribution in [1.82, 2.24) is 19.9 Å². The van der Waals surface area contributed by atoms with Crippen LogP contribution in [-0.2, 0) is 0 Å². The van der Waals surface area contributed by atoms with Crippen molar-refractivity contribution in [3.8, 4) is 67.5 Å². The first-order chi connectivity index (χ1) is 23.6. The topological polar surface area (TPSA) is 51.6 Å². The number of aryl methyl sites for hydroxylation is 2. The lowest BCUT2D eigenvalue weighted by Crippen LogP contribution is -1.97. The van der Waals surface area contributed by atoms with Crippen LogP contribution in [0.4, 0.5) is 0 Å². The van der Waals surface area contributed by atoms with Gasteiger partial charge >= 0.3 is 0 Å². The average Bonchev–Trinajstić information content (AvgIpc) is 3.14. The highest BCUT2D eigenvalue weighted by molar-refractivity contribution is 5.89. The molecule has 4 nitrogen and oxygen atoms in total. The van der Waals surface area contributed by atoms with E-state index in [1.807, 2.05) is 56.3 Å². The maximum Gasteiger partial charge on any atom is 0.160 e. The fourth-order valence-electron chi connectivity index (χ4n) is 6.24. The minimum absolute atomic E-state index is 0.674. The highest BCUT2D eigenvalue weighted by atomic mass is 14.9. The Morgan fingerprint density at radius 2 is 0.771 bits per heavy atom. The molecule has 4 heteroatoms. The molecule has 0 radical (unpaired) electrons. The minimum atomic E-state index is 0.674. The second kappa shape index (κ2) is 12.5. The lowest BCUT2D eigenvalue weighted by Gasteiger charge is -2.14. The van der Waals surface area contributed by atoms with Gasteiger partial charge in [0.25, 0.3) is 0 Å². The Morgan fingerprint density at radius 1 is 0.292 bits per heavy atom. The fourth-order valence-corrected chi connectivity index (χ4v) is 6.24. The molecule has 0 aliphatic heterocycles. The molecule has 0 bridgehead atoms. The molecule has 48 heavy (non-hydrogen) atoms. The van der Waals surface area contributed by atoms with Crippen molar-refractivity contribution in [2.24, 2.45) is 0 Å². The predicted octanol–water partition coefficient (Wildman–Crippen LogP) is 11.0. The third-order valence-corrected chi connectivity index (χ3v) is 8.58. The fraction of sp³-hybridized carbons (Fsp3) is 0.0455. The molecule has 0 saturated heterocycles. The normalized spacial score (nSPS) is 11.1. The van der Waals surface area contributed by atoms with Gasteiger partial charge in [0.05, 0.1) is 11.4 Å². The molecule has 8 rings (SSSR count). The van der Waals surface area contributed by atoms with Crippen LogP contribution in [-0.4, -0.2) is 19.9 Å². The summed E-state index contributed by atoms with van der Waals surface area (Å²) >= 11 is 0. The van der Waals surface area contributed by atoms with Crippen LogP contribution in [0.1, 0.15) is 11.4 Å². The molecule has 0 aliphatic carbocycles. The van der Waals surface area contributed by atoms with Crippen LogP contribution in [0.2, 0.25) is 0 Å². The molecule has 0 saturated carbocycles. The Labute approximate surface area is 280 Å². The van der Waals surface area contributed by atoms with E-state index < -0.39 is 0 Å². The first-order valence-electron chi connectivity index (χ1n) is 16.1. The van der Waals surface area contributed by atoms with E-state index in [2.05, 4.69) is 115 Å². The van der Waals surface area contributed by atoms with Gasteiger partial charge in [-0.25, -0.2) is 19.9 Å². The Kier molecular flexibility index (Phi) is 7.60. The van der Waals surface area contributed by atoms with Gasteiger partial charge in [0.1, 0.15) is 0 Å². The molecule has 0 atom stereocenters. The summed E-state index contributed by atoms with van der Waals surface area (Å²) < 4.78 is 0. The summed E-state index contributed by atoms with van der Waals surface area (Å²) in [6, 6.07) is 55.0. The Bertz CT molecular complexity index is 2340. The summed E-state index contributed by atoms with van der Waals surface area (Å²) in [5.41, 5.74) is 12.0. The number of hydrogen-bond donors (Lipinski definition) is 0. The Morgan fingerprint density at radius 3 is 1.42 bits per heavy atom. The van der Waals surface area contributed by atoms with Gasteiger partial charge in [-0.05, 0) is 89.3 Å². The standard InChI is InChI=1S/C44H32N4/c1-29-22-30(2)46-43(45-29)37-19-11-18-35(24-37)38-25-39(36-21-20-31-12-9-10-17-34(31)23-36)27-40(26-38)44-47-41(32-13-5-3-6-14-32)28-42(48-44)33-15-7-4-8-16-33/h3-28H,1-2H3. The van der Waals surface area contributed by atoms with Crippen molar-refractivity contribution in [3.63, 3.8) is 0 Å². The van der Waals surface area contributed by atoms with Gasteiger partial charge in [-0.15, -0.1) is 0 Å². The van der Waals surface area contributed by atoms with Crippen molar-refractivity contribution in [3.05, 3.63) is 169 Å². The smallest absolute Gasteiger partial charge is 0.160 e. The summed E-state index contributed by atoms with van der Waals surface area (Å²) in [6.07, 6.45) is 0. The SMILES string of the molecule is Cc1cc(C)nc(-c2cccc(-c3cc(-c4ccc5ccccc5c4)cc(-c4nc(-c5ccccc5)cc(-c5ccccc5)n4)c3)c2)n1. The number of hydrogen-bond acceptors (Lipinski definition) is 4. The van der Waals surface area contributed by atoms with Crippen molar-refractivity contribution in [2.75, 3.05) is 0 Å². The molecule has 0 amide bonds. The maximum atomic E-state index is 5.17. The quantitative estimate of drug-likeness (QED) is 0.186. The number of nitrogens with zero attached hydrogens (tertiary/aromatic N) is 4. The van der Waals surface area contributed by atoms with E-state index in [-0.39, 0.29) is 0 Å². The monoisotopic (exact) mass is 616 g/mol. The van der Waals surface area contributed by atoms with Gasteiger partial charge in [0.15, 0.2) is 11.6 Å². The van der Waals surface area contributed by atoms with E-state index in [4.69, 9.17) is 19.9 Å². The third-order valence-electron chi connectivity index (χ3n) is 8.58. The van der Waals surface area contributed by atoms with Crippen molar-refractivity contribution < 1.29 is 0 Å². The molecule has 0 N–H and O–H groups in total.